The van der Waals surface area contributed by atoms with Gasteiger partial charge in [-0.1, -0.05) is 182 Å². The lowest BCUT2D eigenvalue weighted by Gasteiger charge is -2.31. The summed E-state index contributed by atoms with van der Waals surface area (Å²) in [7, 11) is -1.15. The quantitative estimate of drug-likeness (QED) is 0.118. The number of rotatable bonds is 14. The first-order valence-corrected chi connectivity index (χ1v) is 18.8. The molecule has 4 heteroatoms. The van der Waals surface area contributed by atoms with Crippen LogP contribution in [0.4, 0.5) is 0 Å². The topological polar surface area (TPSA) is 24.1 Å². The molecule has 46 heavy (non-hydrogen) atoms. The summed E-state index contributed by atoms with van der Waals surface area (Å²) in [5, 5.41) is 13.4. The minimum absolute atomic E-state index is 0.0305. The van der Waals surface area contributed by atoms with E-state index in [0.29, 0.717) is 0 Å². The summed E-state index contributed by atoms with van der Waals surface area (Å²) < 4.78 is 0. The average molecular weight is 635 g/mol. The fourth-order valence-electron chi connectivity index (χ4n) is 5.81. The molecule has 0 saturated carbocycles. The van der Waals surface area contributed by atoms with E-state index in [9.17, 15) is 0 Å². The van der Waals surface area contributed by atoms with Gasteiger partial charge in [-0.15, -0.1) is 0 Å². The third-order valence-corrected chi connectivity index (χ3v) is 12.7. The first kappa shape index (κ1) is 31.7. The van der Waals surface area contributed by atoms with Crippen LogP contribution in [0.15, 0.2) is 194 Å². The van der Waals surface area contributed by atoms with Crippen LogP contribution in [-0.4, -0.2) is 12.7 Å². The highest BCUT2D eigenvalue weighted by molar-refractivity contribution is 7.75. The van der Waals surface area contributed by atoms with E-state index in [1.54, 1.807) is 0 Å². The zero-order valence-corrected chi connectivity index (χ0v) is 27.7. The second-order valence-corrected chi connectivity index (χ2v) is 15.5. The van der Waals surface area contributed by atoms with Crippen LogP contribution in [0.3, 0.4) is 0 Å². The Morgan fingerprint density at radius 1 is 0.435 bits per heavy atom. The molecule has 2 N–H and O–H groups in total. The number of benzene rings is 6. The van der Waals surface area contributed by atoms with E-state index in [2.05, 4.69) is 205 Å². The van der Waals surface area contributed by atoms with Crippen molar-refractivity contribution in [3.05, 3.63) is 205 Å². The molecule has 0 spiro atoms. The van der Waals surface area contributed by atoms with Crippen LogP contribution >= 0.6 is 15.8 Å². The Morgan fingerprint density at radius 3 is 1.24 bits per heavy atom. The highest BCUT2D eigenvalue weighted by Crippen LogP contribution is 2.36. The van der Waals surface area contributed by atoms with Gasteiger partial charge in [0.25, 0.3) is 0 Å². The molecule has 2 atom stereocenters. The number of hydrogen-bond donors (Lipinski definition) is 2. The van der Waals surface area contributed by atoms with Gasteiger partial charge in [-0.2, -0.15) is 0 Å². The van der Waals surface area contributed by atoms with Crippen LogP contribution in [0, 0.1) is 0 Å². The van der Waals surface area contributed by atoms with Crippen molar-refractivity contribution in [1.82, 2.24) is 10.6 Å². The van der Waals surface area contributed by atoms with Crippen molar-refractivity contribution in [2.75, 3.05) is 12.7 Å². The lowest BCUT2D eigenvalue weighted by atomic mass is 9.93. The molecule has 228 valence electrons. The Balaban J connectivity index is 1.29. The van der Waals surface area contributed by atoms with Gasteiger partial charge in [-0.3, -0.25) is 0 Å². The van der Waals surface area contributed by atoms with Crippen molar-refractivity contribution >= 4 is 37.1 Å². The largest absolute Gasteiger partial charge is 0.382 e. The van der Waals surface area contributed by atoms with E-state index in [1.165, 1.54) is 32.3 Å². The molecular weight excluding hydrogens is 594 g/mol. The van der Waals surface area contributed by atoms with Crippen LogP contribution in [-0.2, 0) is 0 Å². The predicted molar refractivity (Wildman–Crippen MR) is 202 cm³/mol. The lowest BCUT2D eigenvalue weighted by molar-refractivity contribution is 0.426. The van der Waals surface area contributed by atoms with Gasteiger partial charge < -0.3 is 10.6 Å². The van der Waals surface area contributed by atoms with Gasteiger partial charge in [0.1, 0.15) is 0 Å². The maximum absolute atomic E-state index is 4.03. The SMILES string of the molecule is C(=C\P(c1ccccc1)c1ccccc1)/N[C@@H](c1ccccc1)[C@@H](NCCP(c1ccccc1)c1ccccc1)c1ccccc1. The van der Waals surface area contributed by atoms with Crippen molar-refractivity contribution < 1.29 is 0 Å². The van der Waals surface area contributed by atoms with Gasteiger partial charge >= 0.3 is 0 Å². The van der Waals surface area contributed by atoms with Crippen LogP contribution in [0.1, 0.15) is 23.2 Å². The van der Waals surface area contributed by atoms with E-state index >= 15 is 0 Å². The molecule has 0 heterocycles. The summed E-state index contributed by atoms with van der Waals surface area (Å²) in [6, 6.07) is 65.5. The monoisotopic (exact) mass is 634 g/mol. The number of nitrogens with one attached hydrogen (secondary N) is 2. The smallest absolute Gasteiger partial charge is 0.0703 e. The summed E-state index contributed by atoms with van der Waals surface area (Å²) in [6.07, 6.45) is 3.25. The molecule has 0 aliphatic carbocycles. The van der Waals surface area contributed by atoms with Crippen LogP contribution in [0.25, 0.3) is 0 Å². The fraction of sp³-hybridized carbons (Fsp3) is 0.0952. The molecule has 0 unspecified atom stereocenters. The molecule has 6 aromatic rings. The normalized spacial score (nSPS) is 12.7. The molecule has 0 radical (unpaired) electrons. The molecule has 0 aliphatic rings. The van der Waals surface area contributed by atoms with Crippen molar-refractivity contribution in [2.24, 2.45) is 0 Å². The Kier molecular flexibility index (Phi) is 11.6. The zero-order valence-electron chi connectivity index (χ0n) is 25.9. The minimum Gasteiger partial charge on any atom is -0.382 e. The standard InChI is InChI=1S/C42H40N2P2/c1-7-19-35(20-8-1)41(43-31-33-45(37-23-11-3-12-24-37)38-25-13-4-14-26-38)42(36-21-9-2-10-22-36)44-32-34-46(39-27-15-5-16-28-39)40-29-17-6-18-30-40/h1-31,33,41-44H,32,34H2/b33-31+/t41-,42-/m0/s1. The van der Waals surface area contributed by atoms with Crippen molar-refractivity contribution in [3.63, 3.8) is 0 Å². The molecule has 0 aromatic heterocycles. The summed E-state index contributed by atoms with van der Waals surface area (Å²) in [5.41, 5.74) is 2.53. The van der Waals surface area contributed by atoms with Crippen LogP contribution in [0.2, 0.25) is 0 Å². The van der Waals surface area contributed by atoms with Gasteiger partial charge in [-0.05, 0) is 66.4 Å². The summed E-state index contributed by atoms with van der Waals surface area (Å²) >= 11 is 0. The lowest BCUT2D eigenvalue weighted by Crippen LogP contribution is -2.35. The second-order valence-electron chi connectivity index (χ2n) is 11.1. The Morgan fingerprint density at radius 2 is 0.804 bits per heavy atom. The molecule has 0 amide bonds. The van der Waals surface area contributed by atoms with Crippen molar-refractivity contribution in [2.45, 2.75) is 12.1 Å². The molecule has 0 fully saturated rings. The van der Waals surface area contributed by atoms with Gasteiger partial charge in [0.2, 0.25) is 0 Å². The van der Waals surface area contributed by atoms with Gasteiger partial charge in [0, 0.05) is 6.54 Å². The van der Waals surface area contributed by atoms with E-state index in [-0.39, 0.29) is 12.1 Å². The van der Waals surface area contributed by atoms with E-state index in [0.717, 1.165) is 12.7 Å². The first-order chi connectivity index (χ1) is 22.9. The van der Waals surface area contributed by atoms with Crippen LogP contribution in [0.5, 0.6) is 0 Å². The van der Waals surface area contributed by atoms with E-state index < -0.39 is 15.8 Å². The third-order valence-electron chi connectivity index (χ3n) is 8.05. The Bertz CT molecular complexity index is 1650. The van der Waals surface area contributed by atoms with Crippen LogP contribution < -0.4 is 31.9 Å². The number of hydrogen-bond acceptors (Lipinski definition) is 2. The molecule has 2 nitrogen and oxygen atoms in total. The second kappa shape index (κ2) is 16.8. The van der Waals surface area contributed by atoms with Crippen molar-refractivity contribution in [3.8, 4) is 0 Å². The van der Waals surface area contributed by atoms with Crippen molar-refractivity contribution in [1.29, 1.82) is 0 Å². The third kappa shape index (κ3) is 8.48. The van der Waals surface area contributed by atoms with Gasteiger partial charge in [0.15, 0.2) is 0 Å². The zero-order chi connectivity index (χ0) is 31.2. The average Bonchev–Trinajstić information content (AvgIpc) is 3.14. The maximum Gasteiger partial charge on any atom is 0.0703 e. The van der Waals surface area contributed by atoms with E-state index in [4.69, 9.17) is 0 Å². The summed E-state index contributed by atoms with van der Waals surface area (Å²) in [5.74, 6) is 2.36. The van der Waals surface area contributed by atoms with Gasteiger partial charge in [0.05, 0.1) is 12.1 Å². The Labute approximate surface area is 276 Å². The minimum atomic E-state index is -0.656. The Hall–Kier alpha value is -4.32. The molecule has 0 aliphatic heterocycles. The summed E-state index contributed by atoms with van der Waals surface area (Å²) in [6.45, 7) is 0.893. The summed E-state index contributed by atoms with van der Waals surface area (Å²) in [4.78, 5) is 0. The molecular formula is C42H40N2P2. The molecule has 6 rings (SSSR count). The first-order valence-electron chi connectivity index (χ1n) is 15.9. The predicted octanol–water partition coefficient (Wildman–Crippen LogP) is 8.39. The highest BCUT2D eigenvalue weighted by atomic mass is 31.1. The van der Waals surface area contributed by atoms with E-state index in [1.807, 2.05) is 0 Å². The fourth-order valence-corrected chi connectivity index (χ4v) is 9.90. The highest BCUT2D eigenvalue weighted by Gasteiger charge is 2.25. The maximum atomic E-state index is 4.03. The van der Waals surface area contributed by atoms with Gasteiger partial charge in [-0.25, -0.2) is 0 Å². The molecule has 0 saturated heterocycles. The molecule has 0 bridgehead atoms. The molecule has 6 aromatic carbocycles.